The van der Waals surface area contributed by atoms with Gasteiger partial charge >= 0.3 is 0 Å². The Bertz CT molecular complexity index is 1130. The molecular formula is C24H23N3O5. The van der Waals surface area contributed by atoms with Gasteiger partial charge in [0, 0.05) is 13.0 Å². The predicted octanol–water partition coefficient (Wildman–Crippen LogP) is 2.79. The van der Waals surface area contributed by atoms with E-state index in [1.807, 2.05) is 60.7 Å². The zero-order valence-electron chi connectivity index (χ0n) is 17.3. The summed E-state index contributed by atoms with van der Waals surface area (Å²) in [6.45, 7) is 1.27. The number of quaternary nitrogens is 2. The molecule has 0 radical (unpaired) electrons. The fraction of sp³-hybridized carbons (Fsp3) is 0.0417. The molecule has 164 valence electrons. The van der Waals surface area contributed by atoms with Gasteiger partial charge in [-0.25, -0.2) is 10.4 Å². The molecule has 0 heterocycles. The van der Waals surface area contributed by atoms with Crippen LogP contribution in [0.15, 0.2) is 66.7 Å². The van der Waals surface area contributed by atoms with Gasteiger partial charge in [-0.3, -0.25) is 4.79 Å². The van der Waals surface area contributed by atoms with Crippen LogP contribution in [-0.2, 0) is 4.79 Å². The minimum atomic E-state index is -1.31. The van der Waals surface area contributed by atoms with Gasteiger partial charge in [-0.15, -0.1) is 0 Å². The van der Waals surface area contributed by atoms with Crippen molar-refractivity contribution in [2.75, 3.05) is 5.32 Å². The molecule has 0 saturated carbocycles. The lowest BCUT2D eigenvalue weighted by Gasteiger charge is -2.23. The minimum Gasteiger partial charge on any atom is -0.595 e. The summed E-state index contributed by atoms with van der Waals surface area (Å²) in [4.78, 5) is 11.8. The van der Waals surface area contributed by atoms with Gasteiger partial charge in [-0.1, -0.05) is 72.8 Å². The van der Waals surface area contributed by atoms with Gasteiger partial charge in [-0.05, 0) is 23.3 Å². The fourth-order valence-corrected chi connectivity index (χ4v) is 3.25. The highest BCUT2D eigenvalue weighted by molar-refractivity contribution is 5.97. The van der Waals surface area contributed by atoms with Crippen LogP contribution in [-0.4, -0.2) is 16.3 Å². The Morgan fingerprint density at radius 2 is 1.31 bits per heavy atom. The molecule has 8 heteroatoms. The number of hydrogen-bond donors (Lipinski definition) is 5. The number of rotatable bonds is 7. The third-order valence-electron chi connectivity index (χ3n) is 4.65. The maximum atomic E-state index is 12.3. The number of hydrogen-bond acceptors (Lipinski definition) is 5. The summed E-state index contributed by atoms with van der Waals surface area (Å²) < 4.78 is 0. The molecule has 1 amide bonds. The van der Waals surface area contributed by atoms with Crippen LogP contribution < -0.4 is 15.8 Å². The van der Waals surface area contributed by atoms with Crippen LogP contribution in [0.25, 0.3) is 24.3 Å². The minimum absolute atomic E-state index is 0.0377. The Morgan fingerprint density at radius 1 is 0.812 bits per heavy atom. The Balaban J connectivity index is 2.25. The molecule has 0 fully saturated rings. The van der Waals surface area contributed by atoms with E-state index >= 15 is 0 Å². The molecule has 0 saturated heterocycles. The third kappa shape index (κ3) is 5.74. The molecule has 0 aromatic heterocycles. The largest absolute Gasteiger partial charge is 0.595 e. The van der Waals surface area contributed by atoms with Crippen molar-refractivity contribution in [2.45, 2.75) is 6.92 Å². The van der Waals surface area contributed by atoms with E-state index in [0.29, 0.717) is 0 Å². The van der Waals surface area contributed by atoms with Crippen LogP contribution in [0.1, 0.15) is 29.2 Å². The van der Waals surface area contributed by atoms with Crippen LogP contribution in [0.5, 0.6) is 0 Å². The SMILES string of the molecule is CC(=O)Nc1cc([NH+]([O-])O)c(C=Cc2ccccc2)c([NH+]([O-])O)c1C=Cc1ccccc1. The van der Waals surface area contributed by atoms with Crippen molar-refractivity contribution in [3.63, 3.8) is 0 Å². The first-order valence-corrected chi connectivity index (χ1v) is 9.78. The summed E-state index contributed by atoms with van der Waals surface area (Å²) in [6.07, 6.45) is 6.39. The third-order valence-corrected chi connectivity index (χ3v) is 4.65. The van der Waals surface area contributed by atoms with Crippen LogP contribution in [0.4, 0.5) is 17.1 Å². The van der Waals surface area contributed by atoms with E-state index in [1.54, 1.807) is 18.2 Å². The van der Waals surface area contributed by atoms with Crippen molar-refractivity contribution in [1.82, 2.24) is 0 Å². The molecular weight excluding hydrogens is 410 g/mol. The molecule has 0 aliphatic rings. The summed E-state index contributed by atoms with van der Waals surface area (Å²) in [7, 11) is 0. The van der Waals surface area contributed by atoms with Crippen LogP contribution in [0, 0.1) is 10.4 Å². The average Bonchev–Trinajstić information content (AvgIpc) is 2.77. The second kappa shape index (κ2) is 10.6. The van der Waals surface area contributed by atoms with Crippen molar-refractivity contribution in [3.8, 4) is 0 Å². The topological polar surface area (TPSA) is 125 Å². The van der Waals surface area contributed by atoms with Gasteiger partial charge in [0.1, 0.15) is 5.56 Å². The van der Waals surface area contributed by atoms with E-state index in [1.165, 1.54) is 19.1 Å². The van der Waals surface area contributed by atoms with Crippen molar-refractivity contribution in [2.24, 2.45) is 0 Å². The number of amides is 1. The smallest absolute Gasteiger partial charge is 0.221 e. The molecule has 3 aromatic carbocycles. The van der Waals surface area contributed by atoms with Crippen molar-refractivity contribution in [3.05, 3.63) is 99.4 Å². The number of carbonyl (C=O) groups excluding carboxylic acids is 1. The zero-order valence-corrected chi connectivity index (χ0v) is 17.3. The van der Waals surface area contributed by atoms with Crippen molar-refractivity contribution >= 4 is 47.3 Å². The van der Waals surface area contributed by atoms with E-state index in [9.17, 15) is 25.6 Å². The van der Waals surface area contributed by atoms with Gasteiger partial charge < -0.3 is 15.7 Å². The maximum absolute atomic E-state index is 12.3. The van der Waals surface area contributed by atoms with Crippen LogP contribution in [0.3, 0.4) is 0 Å². The van der Waals surface area contributed by atoms with E-state index in [0.717, 1.165) is 11.1 Å². The highest BCUT2D eigenvalue weighted by atomic mass is 16.8. The van der Waals surface area contributed by atoms with Gasteiger partial charge in [0.15, 0.2) is 11.4 Å². The highest BCUT2D eigenvalue weighted by Gasteiger charge is 2.25. The molecule has 32 heavy (non-hydrogen) atoms. The van der Waals surface area contributed by atoms with E-state index < -0.39 is 16.4 Å². The summed E-state index contributed by atoms with van der Waals surface area (Å²) in [5.41, 5.74) is 1.51. The zero-order chi connectivity index (χ0) is 23.1. The molecule has 5 N–H and O–H groups in total. The number of nitrogens with one attached hydrogen (secondary N) is 3. The quantitative estimate of drug-likeness (QED) is 0.290. The molecule has 3 rings (SSSR count). The maximum Gasteiger partial charge on any atom is 0.221 e. The van der Waals surface area contributed by atoms with E-state index in [-0.39, 0.29) is 28.2 Å². The Hall–Kier alpha value is -3.63. The highest BCUT2D eigenvalue weighted by Crippen LogP contribution is 2.34. The molecule has 2 unspecified atom stereocenters. The number of carbonyl (C=O) groups is 1. The summed E-state index contributed by atoms with van der Waals surface area (Å²) >= 11 is 0. The molecule has 8 nitrogen and oxygen atoms in total. The standard InChI is InChI=1S/C24H23N3O5/c1-17(28)25-22-16-23(26(29)30)21(15-13-19-10-6-3-7-11-19)24(27(31)32)20(22)14-12-18-8-4-2-5-9-18/h2-16,26-27,29,31H,1H3,(H,25,28). The summed E-state index contributed by atoms with van der Waals surface area (Å²) in [5, 5.41) is 44.0. The van der Waals surface area contributed by atoms with Gasteiger partial charge in [0.05, 0.1) is 11.3 Å². The number of benzene rings is 3. The molecule has 3 aromatic rings. The van der Waals surface area contributed by atoms with E-state index in [4.69, 9.17) is 0 Å². The Labute approximate surface area is 185 Å². The normalized spacial score (nSPS) is 13.4. The van der Waals surface area contributed by atoms with Gasteiger partial charge in [0.2, 0.25) is 5.91 Å². The lowest BCUT2D eigenvalue weighted by atomic mass is 9.99. The molecule has 0 aliphatic heterocycles. The Kier molecular flexibility index (Phi) is 7.63. The lowest BCUT2D eigenvalue weighted by molar-refractivity contribution is -0.996. The summed E-state index contributed by atoms with van der Waals surface area (Å²) in [6, 6.07) is 19.6. The lowest BCUT2D eigenvalue weighted by Crippen LogP contribution is -3.01. The van der Waals surface area contributed by atoms with Gasteiger partial charge in [-0.2, -0.15) is 10.5 Å². The monoisotopic (exact) mass is 433 g/mol. The van der Waals surface area contributed by atoms with Gasteiger partial charge in [0.25, 0.3) is 0 Å². The van der Waals surface area contributed by atoms with Crippen LogP contribution in [0.2, 0.25) is 0 Å². The summed E-state index contributed by atoms with van der Waals surface area (Å²) in [5.74, 6) is -0.445. The second-order valence-electron chi connectivity index (χ2n) is 6.95. The molecule has 0 bridgehead atoms. The first kappa shape index (κ1) is 23.0. The van der Waals surface area contributed by atoms with E-state index in [2.05, 4.69) is 5.32 Å². The fourth-order valence-electron chi connectivity index (χ4n) is 3.25. The van der Waals surface area contributed by atoms with Crippen molar-refractivity contribution < 1.29 is 25.7 Å². The molecule has 0 spiro atoms. The number of anilines is 1. The average molecular weight is 433 g/mol. The predicted molar refractivity (Wildman–Crippen MR) is 123 cm³/mol. The first-order valence-electron chi connectivity index (χ1n) is 9.78. The molecule has 2 atom stereocenters. The molecule has 0 aliphatic carbocycles. The van der Waals surface area contributed by atoms with Crippen LogP contribution >= 0.6 is 0 Å². The first-order chi connectivity index (χ1) is 15.4. The second-order valence-corrected chi connectivity index (χ2v) is 6.95. The van der Waals surface area contributed by atoms with Crippen molar-refractivity contribution in [1.29, 1.82) is 0 Å². The Morgan fingerprint density at radius 3 is 1.75 bits per heavy atom.